The summed E-state index contributed by atoms with van der Waals surface area (Å²) in [5.41, 5.74) is 11.9. The Morgan fingerprint density at radius 3 is 2.26 bits per heavy atom. The van der Waals surface area contributed by atoms with E-state index >= 15 is 0 Å². The van der Waals surface area contributed by atoms with E-state index < -0.39 is 3.79 Å². The molecule has 0 fully saturated rings. The molecule has 0 aliphatic heterocycles. The molecule has 0 saturated heterocycles. The first-order chi connectivity index (χ1) is 8.82. The lowest BCUT2D eigenvalue weighted by molar-refractivity contribution is 0.414. The SMILES string of the molecule is COc1ccc(CN=C(N)/N=C(\N)C(Cl)(Cl)Cl)cc1. The number of rotatable bonds is 3. The van der Waals surface area contributed by atoms with Gasteiger partial charge < -0.3 is 16.2 Å². The first kappa shape index (κ1) is 15.9. The molecule has 0 aliphatic carbocycles. The van der Waals surface area contributed by atoms with Crippen LogP contribution in [0.3, 0.4) is 0 Å². The molecule has 8 heteroatoms. The van der Waals surface area contributed by atoms with Crippen LogP contribution in [-0.4, -0.2) is 22.7 Å². The summed E-state index contributed by atoms with van der Waals surface area (Å²) in [5.74, 6) is 0.479. The molecule has 19 heavy (non-hydrogen) atoms. The van der Waals surface area contributed by atoms with Crippen LogP contribution in [0.2, 0.25) is 0 Å². The molecule has 0 atom stereocenters. The van der Waals surface area contributed by atoms with Gasteiger partial charge in [-0.3, -0.25) is 0 Å². The Balaban J connectivity index is 2.70. The van der Waals surface area contributed by atoms with Crippen LogP contribution >= 0.6 is 34.8 Å². The Morgan fingerprint density at radius 2 is 1.79 bits per heavy atom. The number of hydrogen-bond acceptors (Lipinski definition) is 2. The second-order valence-corrected chi connectivity index (χ2v) is 5.80. The molecular weight excluding hydrogens is 311 g/mol. The summed E-state index contributed by atoms with van der Waals surface area (Å²) >= 11 is 16.6. The standard InChI is InChI=1S/C11H13Cl3N4O/c1-19-8-4-2-7(3-5-8)6-17-10(16)18-9(15)11(12,13)14/h2-5H,6H2,1H3,(H4,15,16,17,18). The summed E-state index contributed by atoms with van der Waals surface area (Å²) in [4.78, 5) is 7.71. The zero-order valence-corrected chi connectivity index (χ0v) is 12.4. The van der Waals surface area contributed by atoms with E-state index in [1.54, 1.807) is 7.11 Å². The molecule has 0 unspecified atom stereocenters. The molecule has 5 nitrogen and oxygen atoms in total. The molecule has 1 aromatic carbocycles. The van der Waals surface area contributed by atoms with Crippen molar-refractivity contribution in [3.63, 3.8) is 0 Å². The fourth-order valence-corrected chi connectivity index (χ4v) is 1.25. The molecule has 0 saturated carbocycles. The Morgan fingerprint density at radius 1 is 1.21 bits per heavy atom. The quantitative estimate of drug-likeness (QED) is 0.508. The maximum atomic E-state index is 5.56. The summed E-state index contributed by atoms with van der Waals surface area (Å²) in [6, 6.07) is 7.36. The highest BCUT2D eigenvalue weighted by atomic mass is 35.6. The van der Waals surface area contributed by atoms with Gasteiger partial charge in [-0.15, -0.1) is 0 Å². The highest BCUT2D eigenvalue weighted by Gasteiger charge is 2.25. The van der Waals surface area contributed by atoms with Gasteiger partial charge in [-0.2, -0.15) is 4.99 Å². The van der Waals surface area contributed by atoms with Gasteiger partial charge in [0.05, 0.1) is 13.7 Å². The van der Waals surface area contributed by atoms with E-state index in [0.29, 0.717) is 6.54 Å². The first-order valence-electron chi connectivity index (χ1n) is 5.17. The van der Waals surface area contributed by atoms with Crippen LogP contribution in [0.15, 0.2) is 34.3 Å². The maximum Gasteiger partial charge on any atom is 0.247 e. The Bertz CT molecular complexity index is 480. The number of halogens is 3. The van der Waals surface area contributed by atoms with E-state index in [2.05, 4.69) is 9.98 Å². The first-order valence-corrected chi connectivity index (χ1v) is 6.30. The van der Waals surface area contributed by atoms with Crippen LogP contribution in [0.5, 0.6) is 5.75 Å². The lowest BCUT2D eigenvalue weighted by Gasteiger charge is -2.08. The molecule has 0 spiro atoms. The van der Waals surface area contributed by atoms with Gasteiger partial charge in [0.1, 0.15) is 5.75 Å². The van der Waals surface area contributed by atoms with Gasteiger partial charge in [0.2, 0.25) is 9.75 Å². The number of hydrogen-bond donors (Lipinski definition) is 2. The van der Waals surface area contributed by atoms with Crippen LogP contribution < -0.4 is 16.2 Å². The molecule has 104 valence electrons. The molecule has 0 aromatic heterocycles. The smallest absolute Gasteiger partial charge is 0.247 e. The van der Waals surface area contributed by atoms with Crippen molar-refractivity contribution >= 4 is 46.6 Å². The molecule has 0 amide bonds. The fraction of sp³-hybridized carbons (Fsp3) is 0.273. The van der Waals surface area contributed by atoms with Crippen LogP contribution in [-0.2, 0) is 6.54 Å². The predicted octanol–water partition coefficient (Wildman–Crippen LogP) is 2.24. The summed E-state index contributed by atoms with van der Waals surface area (Å²) in [6.07, 6.45) is 0. The van der Waals surface area contributed by atoms with Gasteiger partial charge in [-0.25, -0.2) is 4.99 Å². The molecule has 0 heterocycles. The average molecular weight is 324 g/mol. The molecule has 4 N–H and O–H groups in total. The van der Waals surface area contributed by atoms with Crippen LogP contribution in [0.4, 0.5) is 0 Å². The van der Waals surface area contributed by atoms with Crippen LogP contribution in [0.25, 0.3) is 0 Å². The number of alkyl halides is 3. The van der Waals surface area contributed by atoms with E-state index in [9.17, 15) is 0 Å². The fourth-order valence-electron chi connectivity index (χ4n) is 1.13. The maximum absolute atomic E-state index is 5.56. The summed E-state index contributed by atoms with van der Waals surface area (Å²) < 4.78 is 3.25. The molecule has 0 radical (unpaired) electrons. The third-order valence-corrected chi connectivity index (χ3v) is 2.69. The van der Waals surface area contributed by atoms with Crippen molar-refractivity contribution in [2.45, 2.75) is 10.3 Å². The Hall–Kier alpha value is -1.17. The highest BCUT2D eigenvalue weighted by Crippen LogP contribution is 2.25. The number of ether oxygens (including phenoxy) is 1. The van der Waals surface area contributed by atoms with Crippen molar-refractivity contribution in [1.82, 2.24) is 0 Å². The van der Waals surface area contributed by atoms with Crippen molar-refractivity contribution < 1.29 is 4.74 Å². The van der Waals surface area contributed by atoms with Crippen molar-refractivity contribution in [3.8, 4) is 5.75 Å². The van der Waals surface area contributed by atoms with E-state index in [4.69, 9.17) is 51.0 Å². The third kappa shape index (κ3) is 5.55. The van der Waals surface area contributed by atoms with E-state index in [1.165, 1.54) is 0 Å². The largest absolute Gasteiger partial charge is 0.497 e. The van der Waals surface area contributed by atoms with Crippen LogP contribution in [0.1, 0.15) is 5.56 Å². The number of nitrogens with zero attached hydrogens (tertiary/aromatic N) is 2. The summed E-state index contributed by atoms with van der Waals surface area (Å²) in [5, 5.41) is 0. The van der Waals surface area contributed by atoms with E-state index in [1.807, 2.05) is 24.3 Å². The number of amidine groups is 1. The molecule has 1 rings (SSSR count). The highest BCUT2D eigenvalue weighted by molar-refractivity contribution is 6.76. The minimum atomic E-state index is -1.79. The van der Waals surface area contributed by atoms with Crippen molar-refractivity contribution in [1.29, 1.82) is 0 Å². The Kier molecular flexibility index (Phi) is 5.72. The average Bonchev–Trinajstić information content (AvgIpc) is 2.35. The van der Waals surface area contributed by atoms with Gasteiger partial charge in [0, 0.05) is 0 Å². The number of methoxy groups -OCH3 is 1. The van der Waals surface area contributed by atoms with Crippen molar-refractivity contribution in [2.75, 3.05) is 7.11 Å². The minimum Gasteiger partial charge on any atom is -0.497 e. The minimum absolute atomic E-state index is 0.0559. The number of guanidine groups is 1. The van der Waals surface area contributed by atoms with E-state index in [-0.39, 0.29) is 11.8 Å². The van der Waals surface area contributed by atoms with Crippen molar-refractivity contribution in [2.24, 2.45) is 21.5 Å². The zero-order valence-electron chi connectivity index (χ0n) is 10.1. The molecule has 1 aromatic rings. The summed E-state index contributed by atoms with van der Waals surface area (Å²) in [7, 11) is 1.60. The van der Waals surface area contributed by atoms with Gasteiger partial charge in [-0.1, -0.05) is 46.9 Å². The number of aliphatic imine (C=N–C) groups is 2. The van der Waals surface area contributed by atoms with Crippen molar-refractivity contribution in [3.05, 3.63) is 29.8 Å². The van der Waals surface area contributed by atoms with E-state index in [0.717, 1.165) is 11.3 Å². The normalized spacial score (nSPS) is 13.5. The second kappa shape index (κ2) is 6.84. The number of nitrogens with two attached hydrogens (primary N) is 2. The predicted molar refractivity (Wildman–Crippen MR) is 80.2 cm³/mol. The van der Waals surface area contributed by atoms with Gasteiger partial charge in [0.25, 0.3) is 0 Å². The third-order valence-electron chi connectivity index (χ3n) is 2.11. The number of benzene rings is 1. The lowest BCUT2D eigenvalue weighted by atomic mass is 10.2. The Labute approximate surface area is 126 Å². The van der Waals surface area contributed by atoms with Gasteiger partial charge in [0.15, 0.2) is 5.84 Å². The second-order valence-electron chi connectivity index (χ2n) is 3.52. The van der Waals surface area contributed by atoms with Gasteiger partial charge in [-0.05, 0) is 17.7 Å². The summed E-state index contributed by atoms with van der Waals surface area (Å²) in [6.45, 7) is 0.340. The lowest BCUT2D eigenvalue weighted by Crippen LogP contribution is -2.30. The topological polar surface area (TPSA) is 86.0 Å². The molecule has 0 aliphatic rings. The van der Waals surface area contributed by atoms with Gasteiger partial charge >= 0.3 is 0 Å². The van der Waals surface area contributed by atoms with Crippen LogP contribution in [0, 0.1) is 0 Å². The molecular formula is C11H13Cl3N4O. The molecule has 0 bridgehead atoms. The zero-order chi connectivity index (χ0) is 14.5. The monoisotopic (exact) mass is 322 g/mol.